The van der Waals surface area contributed by atoms with E-state index in [2.05, 4.69) is 108 Å². The standard InChI is InChI=1S/C42H24F3N/c43-42(44,45)35-20-10-18-32-28(23-24-46-41(32)35)27-21-22-34-38-29(27)17-9-19-33(38)39-36(25-11-3-1-4-12-25)30-15-7-8-16-31(30)37(40(34)39)26-13-5-2-6-14-26/h1-24H. The van der Waals surface area contributed by atoms with Gasteiger partial charge in [0.1, 0.15) is 0 Å². The predicted molar refractivity (Wildman–Crippen MR) is 182 cm³/mol. The van der Waals surface area contributed by atoms with E-state index in [-0.39, 0.29) is 5.52 Å². The molecule has 4 heteroatoms. The first-order valence-corrected chi connectivity index (χ1v) is 15.2. The molecule has 0 saturated carbocycles. The van der Waals surface area contributed by atoms with Crippen LogP contribution in [0.3, 0.4) is 0 Å². The highest BCUT2D eigenvalue weighted by atomic mass is 19.4. The Morgan fingerprint density at radius 1 is 0.391 bits per heavy atom. The molecule has 9 rings (SSSR count). The van der Waals surface area contributed by atoms with E-state index in [1.54, 1.807) is 6.07 Å². The van der Waals surface area contributed by atoms with Crippen LogP contribution in [0.5, 0.6) is 0 Å². The van der Waals surface area contributed by atoms with E-state index in [4.69, 9.17) is 0 Å². The van der Waals surface area contributed by atoms with Gasteiger partial charge in [0, 0.05) is 11.6 Å². The van der Waals surface area contributed by atoms with E-state index in [0.29, 0.717) is 5.39 Å². The van der Waals surface area contributed by atoms with Crippen molar-refractivity contribution in [3.05, 3.63) is 151 Å². The van der Waals surface area contributed by atoms with Crippen molar-refractivity contribution >= 4 is 32.4 Å². The summed E-state index contributed by atoms with van der Waals surface area (Å²) < 4.78 is 42.0. The highest BCUT2D eigenvalue weighted by Gasteiger charge is 2.34. The topological polar surface area (TPSA) is 12.9 Å². The fourth-order valence-corrected chi connectivity index (χ4v) is 7.48. The number of pyridine rings is 1. The number of benzene rings is 7. The number of hydrogen-bond acceptors (Lipinski definition) is 1. The molecule has 0 bridgehead atoms. The molecule has 8 aromatic rings. The van der Waals surface area contributed by atoms with Crippen LogP contribution >= 0.6 is 0 Å². The zero-order chi connectivity index (χ0) is 31.0. The Kier molecular flexibility index (Phi) is 5.72. The molecule has 1 aliphatic carbocycles. The molecule has 0 aliphatic heterocycles. The summed E-state index contributed by atoms with van der Waals surface area (Å²) in [6, 6.07) is 46.4. The molecule has 0 N–H and O–H groups in total. The Labute approximate surface area is 263 Å². The maximum absolute atomic E-state index is 14.0. The molecule has 218 valence electrons. The minimum atomic E-state index is -4.50. The van der Waals surface area contributed by atoms with Crippen LogP contribution in [0.15, 0.2) is 146 Å². The third-order valence-corrected chi connectivity index (χ3v) is 9.29. The van der Waals surface area contributed by atoms with Crippen LogP contribution < -0.4 is 0 Å². The van der Waals surface area contributed by atoms with Crippen LogP contribution in [-0.4, -0.2) is 4.98 Å². The molecule has 0 fully saturated rings. The van der Waals surface area contributed by atoms with Crippen LogP contribution in [0.25, 0.3) is 88.1 Å². The average molecular weight is 600 g/mol. The van der Waals surface area contributed by atoms with Gasteiger partial charge in [-0.2, -0.15) is 13.2 Å². The fraction of sp³-hybridized carbons (Fsp3) is 0.0238. The minimum Gasteiger partial charge on any atom is -0.256 e. The van der Waals surface area contributed by atoms with Crippen molar-refractivity contribution in [3.8, 4) is 55.6 Å². The maximum Gasteiger partial charge on any atom is 0.418 e. The van der Waals surface area contributed by atoms with Gasteiger partial charge in [0.25, 0.3) is 0 Å². The molecule has 0 atom stereocenters. The lowest BCUT2D eigenvalue weighted by molar-refractivity contribution is -0.136. The lowest BCUT2D eigenvalue weighted by Crippen LogP contribution is -2.06. The molecule has 0 spiro atoms. The van der Waals surface area contributed by atoms with Crippen molar-refractivity contribution in [2.24, 2.45) is 0 Å². The Hall–Kier alpha value is -5.74. The normalized spacial score (nSPS) is 12.2. The van der Waals surface area contributed by atoms with Crippen LogP contribution in [0, 0.1) is 0 Å². The van der Waals surface area contributed by atoms with Crippen LogP contribution in [0.1, 0.15) is 5.56 Å². The number of alkyl halides is 3. The second kappa shape index (κ2) is 9.88. The minimum absolute atomic E-state index is 0.0389. The summed E-state index contributed by atoms with van der Waals surface area (Å²) in [5.74, 6) is 0. The van der Waals surface area contributed by atoms with Gasteiger partial charge >= 0.3 is 6.18 Å². The molecule has 46 heavy (non-hydrogen) atoms. The summed E-state index contributed by atoms with van der Waals surface area (Å²) in [5, 5.41) is 4.94. The Morgan fingerprint density at radius 3 is 1.52 bits per heavy atom. The SMILES string of the molecule is FC(F)(F)c1cccc2c(-c3ccc4c5c(cccc35)-c3c-4c(-c4ccccc4)c4ccccc4c3-c3ccccc3)ccnc12. The van der Waals surface area contributed by atoms with Gasteiger partial charge < -0.3 is 0 Å². The molecule has 0 saturated heterocycles. The van der Waals surface area contributed by atoms with Gasteiger partial charge in [0.05, 0.1) is 11.1 Å². The van der Waals surface area contributed by atoms with Gasteiger partial charge in [-0.1, -0.05) is 127 Å². The fourth-order valence-electron chi connectivity index (χ4n) is 7.48. The van der Waals surface area contributed by atoms with Crippen molar-refractivity contribution in [3.63, 3.8) is 0 Å². The molecule has 7 aromatic carbocycles. The molecule has 1 heterocycles. The predicted octanol–water partition coefficient (Wildman–Crippen LogP) is 12.2. The molecule has 0 amide bonds. The van der Waals surface area contributed by atoms with Crippen LogP contribution in [-0.2, 0) is 6.18 Å². The zero-order valence-electron chi connectivity index (χ0n) is 24.4. The summed E-state index contributed by atoms with van der Waals surface area (Å²) in [4.78, 5) is 4.20. The lowest BCUT2D eigenvalue weighted by atomic mass is 9.82. The molecule has 0 radical (unpaired) electrons. The van der Waals surface area contributed by atoms with E-state index in [1.807, 2.05) is 18.2 Å². The summed E-state index contributed by atoms with van der Waals surface area (Å²) in [5.41, 5.74) is 10.1. The second-order valence-electron chi connectivity index (χ2n) is 11.7. The van der Waals surface area contributed by atoms with Gasteiger partial charge in [-0.05, 0) is 89.3 Å². The van der Waals surface area contributed by atoms with E-state index < -0.39 is 11.7 Å². The third-order valence-electron chi connectivity index (χ3n) is 9.29. The quantitative estimate of drug-likeness (QED) is 0.197. The highest BCUT2D eigenvalue weighted by Crippen LogP contribution is 2.58. The van der Waals surface area contributed by atoms with E-state index in [1.165, 1.54) is 45.3 Å². The van der Waals surface area contributed by atoms with Gasteiger partial charge in [0.2, 0.25) is 0 Å². The monoisotopic (exact) mass is 599 g/mol. The molecule has 1 nitrogen and oxygen atoms in total. The zero-order valence-corrected chi connectivity index (χ0v) is 24.4. The smallest absolute Gasteiger partial charge is 0.256 e. The van der Waals surface area contributed by atoms with Crippen LogP contribution in [0.2, 0.25) is 0 Å². The molecular formula is C42H24F3N. The van der Waals surface area contributed by atoms with Crippen molar-refractivity contribution in [1.29, 1.82) is 0 Å². The van der Waals surface area contributed by atoms with Crippen molar-refractivity contribution < 1.29 is 13.2 Å². The number of hydrogen-bond donors (Lipinski definition) is 0. The number of nitrogens with zero attached hydrogens (tertiary/aromatic N) is 1. The van der Waals surface area contributed by atoms with E-state index >= 15 is 0 Å². The molecule has 1 aromatic heterocycles. The number of para-hydroxylation sites is 1. The lowest BCUT2D eigenvalue weighted by Gasteiger charge is -2.20. The second-order valence-corrected chi connectivity index (χ2v) is 11.7. The molecule has 0 unspecified atom stereocenters. The number of halogens is 3. The molecule has 1 aliphatic rings. The van der Waals surface area contributed by atoms with Gasteiger partial charge in [0.15, 0.2) is 0 Å². The van der Waals surface area contributed by atoms with Crippen molar-refractivity contribution in [2.75, 3.05) is 0 Å². The number of aromatic nitrogens is 1. The molecular weight excluding hydrogens is 575 g/mol. The summed E-state index contributed by atoms with van der Waals surface area (Å²) in [7, 11) is 0. The highest BCUT2D eigenvalue weighted by molar-refractivity contribution is 6.29. The first-order valence-electron chi connectivity index (χ1n) is 15.2. The van der Waals surface area contributed by atoms with E-state index in [9.17, 15) is 13.2 Å². The van der Waals surface area contributed by atoms with Gasteiger partial charge in [-0.15, -0.1) is 0 Å². The van der Waals surface area contributed by atoms with Gasteiger partial charge in [-0.3, -0.25) is 4.98 Å². The Morgan fingerprint density at radius 2 is 0.891 bits per heavy atom. The van der Waals surface area contributed by atoms with E-state index in [0.717, 1.165) is 50.2 Å². The first-order chi connectivity index (χ1) is 22.5. The van der Waals surface area contributed by atoms with Gasteiger partial charge in [-0.25, -0.2) is 0 Å². The average Bonchev–Trinajstić information content (AvgIpc) is 3.42. The third kappa shape index (κ3) is 3.80. The van der Waals surface area contributed by atoms with Crippen molar-refractivity contribution in [2.45, 2.75) is 6.18 Å². The summed E-state index contributed by atoms with van der Waals surface area (Å²) in [6.07, 6.45) is -3.02. The summed E-state index contributed by atoms with van der Waals surface area (Å²) in [6.45, 7) is 0. The Balaban J connectivity index is 1.42. The number of fused-ring (bicyclic) bond motifs is 5. The first kappa shape index (κ1) is 26.6. The largest absolute Gasteiger partial charge is 0.418 e. The Bertz CT molecular complexity index is 2410. The maximum atomic E-state index is 14.0. The summed E-state index contributed by atoms with van der Waals surface area (Å²) >= 11 is 0. The van der Waals surface area contributed by atoms with Crippen molar-refractivity contribution in [1.82, 2.24) is 4.98 Å². The number of rotatable bonds is 3. The van der Waals surface area contributed by atoms with Crippen LogP contribution in [0.4, 0.5) is 13.2 Å².